The van der Waals surface area contributed by atoms with E-state index in [-0.39, 0.29) is 23.7 Å². The molecule has 0 spiro atoms. The van der Waals surface area contributed by atoms with E-state index >= 15 is 0 Å². The first-order valence-corrected chi connectivity index (χ1v) is 7.37. The van der Waals surface area contributed by atoms with Crippen LogP contribution in [0, 0.1) is 0 Å². The highest BCUT2D eigenvalue weighted by atomic mass is 79.9. The number of methoxy groups -OCH3 is 1. The zero-order chi connectivity index (χ0) is 14.8. The van der Waals surface area contributed by atoms with E-state index in [9.17, 15) is 9.59 Å². The average Bonchev–Trinajstić information content (AvgIpc) is 3.25. The van der Waals surface area contributed by atoms with Crippen LogP contribution >= 0.6 is 15.9 Å². The summed E-state index contributed by atoms with van der Waals surface area (Å²) in [5, 5.41) is 0. The molecule has 0 saturated heterocycles. The zero-order valence-corrected chi connectivity index (χ0v) is 13.3. The summed E-state index contributed by atoms with van der Waals surface area (Å²) in [6.07, 6.45) is 1.97. The van der Waals surface area contributed by atoms with E-state index in [0.717, 1.165) is 22.9 Å². The molecule has 0 bridgehead atoms. The number of nitrogens with zero attached hydrogens (tertiary/aromatic N) is 1. The van der Waals surface area contributed by atoms with Crippen molar-refractivity contribution in [3.8, 4) is 0 Å². The van der Waals surface area contributed by atoms with Crippen LogP contribution in [0.15, 0.2) is 28.7 Å². The van der Waals surface area contributed by atoms with Crippen molar-refractivity contribution in [2.45, 2.75) is 24.7 Å². The SMILES string of the molecule is COC(=O)CCN(C)C(=O)C1(c2ccc(Br)cc2)CC1. The number of halogens is 1. The van der Waals surface area contributed by atoms with E-state index in [0.29, 0.717) is 6.54 Å². The quantitative estimate of drug-likeness (QED) is 0.774. The van der Waals surface area contributed by atoms with Crippen molar-refractivity contribution in [2.24, 2.45) is 0 Å². The van der Waals surface area contributed by atoms with E-state index in [1.807, 2.05) is 24.3 Å². The Morgan fingerprint density at radius 2 is 1.90 bits per heavy atom. The molecule has 1 amide bonds. The van der Waals surface area contributed by atoms with Gasteiger partial charge in [-0.15, -0.1) is 0 Å². The normalized spacial score (nSPS) is 15.6. The van der Waals surface area contributed by atoms with E-state index in [4.69, 9.17) is 0 Å². The number of benzene rings is 1. The van der Waals surface area contributed by atoms with Crippen molar-refractivity contribution in [2.75, 3.05) is 20.7 Å². The van der Waals surface area contributed by atoms with Crippen molar-refractivity contribution in [3.05, 3.63) is 34.3 Å². The average molecular weight is 340 g/mol. The Balaban J connectivity index is 2.04. The number of amides is 1. The molecule has 0 N–H and O–H groups in total. The highest BCUT2D eigenvalue weighted by molar-refractivity contribution is 9.10. The second kappa shape index (κ2) is 5.95. The van der Waals surface area contributed by atoms with Crippen molar-refractivity contribution in [1.29, 1.82) is 0 Å². The number of carbonyl (C=O) groups is 2. The maximum atomic E-state index is 12.6. The maximum Gasteiger partial charge on any atom is 0.307 e. The maximum absolute atomic E-state index is 12.6. The summed E-state index contributed by atoms with van der Waals surface area (Å²) in [5.41, 5.74) is 0.668. The third-order valence-corrected chi connectivity index (χ3v) is 4.31. The van der Waals surface area contributed by atoms with Gasteiger partial charge in [0.15, 0.2) is 0 Å². The summed E-state index contributed by atoms with van der Waals surface area (Å²) in [7, 11) is 3.10. The van der Waals surface area contributed by atoms with Crippen LogP contribution in [0.5, 0.6) is 0 Å². The summed E-state index contributed by atoms with van der Waals surface area (Å²) >= 11 is 3.40. The molecule has 4 nitrogen and oxygen atoms in total. The molecule has 0 heterocycles. The van der Waals surface area contributed by atoms with Crippen LogP contribution in [0.3, 0.4) is 0 Å². The molecule has 0 radical (unpaired) electrons. The molecule has 0 aliphatic heterocycles. The molecule has 108 valence electrons. The largest absolute Gasteiger partial charge is 0.469 e. The number of hydrogen-bond acceptors (Lipinski definition) is 3. The van der Waals surface area contributed by atoms with Crippen LogP contribution in [0.2, 0.25) is 0 Å². The fourth-order valence-corrected chi connectivity index (χ4v) is 2.61. The Morgan fingerprint density at radius 3 is 2.40 bits per heavy atom. The van der Waals surface area contributed by atoms with Crippen LogP contribution in [-0.2, 0) is 19.7 Å². The Morgan fingerprint density at radius 1 is 1.30 bits per heavy atom. The highest BCUT2D eigenvalue weighted by Gasteiger charge is 2.52. The fourth-order valence-electron chi connectivity index (χ4n) is 2.35. The number of rotatable bonds is 5. The molecule has 1 aliphatic rings. The monoisotopic (exact) mass is 339 g/mol. The van der Waals surface area contributed by atoms with Gasteiger partial charge in [0.1, 0.15) is 0 Å². The number of ether oxygens (including phenoxy) is 1. The number of likely N-dealkylation sites (N-methyl/N-ethyl adjacent to an activating group) is 1. The zero-order valence-electron chi connectivity index (χ0n) is 11.7. The molecule has 1 aliphatic carbocycles. The topological polar surface area (TPSA) is 46.6 Å². The van der Waals surface area contributed by atoms with Crippen molar-refractivity contribution in [3.63, 3.8) is 0 Å². The minimum Gasteiger partial charge on any atom is -0.469 e. The van der Waals surface area contributed by atoms with Gasteiger partial charge in [0.2, 0.25) is 5.91 Å². The lowest BCUT2D eigenvalue weighted by Crippen LogP contribution is -2.37. The first kappa shape index (κ1) is 15.0. The van der Waals surface area contributed by atoms with Gasteiger partial charge in [0.25, 0.3) is 0 Å². The van der Waals surface area contributed by atoms with Crippen LogP contribution in [0.25, 0.3) is 0 Å². The Bertz CT molecular complexity index is 508. The molecule has 1 fully saturated rings. The minimum absolute atomic E-state index is 0.0868. The lowest BCUT2D eigenvalue weighted by atomic mass is 9.94. The van der Waals surface area contributed by atoms with Gasteiger partial charge in [0.05, 0.1) is 18.9 Å². The molecule has 0 atom stereocenters. The molecular formula is C15H18BrNO3. The summed E-state index contributed by atoms with van der Waals surface area (Å²) < 4.78 is 5.60. The molecule has 1 saturated carbocycles. The first-order chi connectivity index (χ1) is 9.49. The molecular weight excluding hydrogens is 322 g/mol. The van der Waals surface area contributed by atoms with Crippen molar-refractivity contribution < 1.29 is 14.3 Å². The van der Waals surface area contributed by atoms with Crippen LogP contribution in [-0.4, -0.2) is 37.5 Å². The Hall–Kier alpha value is -1.36. The standard InChI is InChI=1S/C15H18BrNO3/c1-17(10-7-13(18)20-2)14(19)15(8-9-15)11-3-5-12(16)6-4-11/h3-6H,7-10H2,1-2H3. The smallest absolute Gasteiger partial charge is 0.307 e. The second-order valence-corrected chi connectivity index (χ2v) is 6.06. The summed E-state index contributed by atoms with van der Waals surface area (Å²) in [6.45, 7) is 0.393. The van der Waals surface area contributed by atoms with Crippen LogP contribution in [0.1, 0.15) is 24.8 Å². The molecule has 0 unspecified atom stereocenters. The number of carbonyl (C=O) groups excluding carboxylic acids is 2. The lowest BCUT2D eigenvalue weighted by Gasteiger charge is -2.23. The summed E-state index contributed by atoms with van der Waals surface area (Å²) in [5.74, 6) is -0.207. The molecule has 5 heteroatoms. The second-order valence-electron chi connectivity index (χ2n) is 5.14. The third kappa shape index (κ3) is 3.03. The highest BCUT2D eigenvalue weighted by Crippen LogP contribution is 2.49. The van der Waals surface area contributed by atoms with Gasteiger partial charge in [-0.2, -0.15) is 0 Å². The van der Waals surface area contributed by atoms with Crippen LogP contribution in [0.4, 0.5) is 0 Å². The molecule has 1 aromatic carbocycles. The van der Waals surface area contributed by atoms with Crippen molar-refractivity contribution in [1.82, 2.24) is 4.90 Å². The van der Waals surface area contributed by atoms with Gasteiger partial charge in [-0.3, -0.25) is 9.59 Å². The van der Waals surface area contributed by atoms with E-state index in [1.54, 1.807) is 11.9 Å². The molecule has 20 heavy (non-hydrogen) atoms. The lowest BCUT2D eigenvalue weighted by molar-refractivity contribution is -0.141. The van der Waals surface area contributed by atoms with Gasteiger partial charge in [-0.25, -0.2) is 0 Å². The minimum atomic E-state index is -0.383. The number of hydrogen-bond donors (Lipinski definition) is 0. The van der Waals surface area contributed by atoms with E-state index in [2.05, 4.69) is 20.7 Å². The van der Waals surface area contributed by atoms with Gasteiger partial charge in [0, 0.05) is 18.1 Å². The molecule has 0 aromatic heterocycles. The fraction of sp³-hybridized carbons (Fsp3) is 0.467. The van der Waals surface area contributed by atoms with Gasteiger partial charge in [-0.05, 0) is 30.5 Å². The Kier molecular flexibility index (Phi) is 4.48. The third-order valence-electron chi connectivity index (χ3n) is 3.78. The van der Waals surface area contributed by atoms with Gasteiger partial charge in [-0.1, -0.05) is 28.1 Å². The molecule has 2 rings (SSSR count). The summed E-state index contributed by atoms with van der Waals surface area (Å²) in [4.78, 5) is 25.4. The molecule has 1 aromatic rings. The van der Waals surface area contributed by atoms with E-state index < -0.39 is 0 Å². The van der Waals surface area contributed by atoms with Crippen molar-refractivity contribution >= 4 is 27.8 Å². The van der Waals surface area contributed by atoms with Gasteiger partial charge >= 0.3 is 5.97 Å². The first-order valence-electron chi connectivity index (χ1n) is 6.58. The summed E-state index contributed by atoms with van der Waals surface area (Å²) in [6, 6.07) is 7.89. The number of esters is 1. The Labute approximate surface area is 127 Å². The predicted octanol–water partition coefficient (Wildman–Crippen LogP) is 2.50. The van der Waals surface area contributed by atoms with E-state index in [1.165, 1.54) is 7.11 Å². The van der Waals surface area contributed by atoms with Crippen LogP contribution < -0.4 is 0 Å². The predicted molar refractivity (Wildman–Crippen MR) is 79.3 cm³/mol. The van der Waals surface area contributed by atoms with Gasteiger partial charge < -0.3 is 9.64 Å².